The van der Waals surface area contributed by atoms with Crippen molar-refractivity contribution in [3.63, 3.8) is 0 Å². The third-order valence-corrected chi connectivity index (χ3v) is 5.72. The topological polar surface area (TPSA) is 83.8 Å². The molecule has 0 saturated carbocycles. The average molecular weight is 461 g/mol. The second kappa shape index (κ2) is 9.98. The molecule has 0 unspecified atom stereocenters. The van der Waals surface area contributed by atoms with Gasteiger partial charge in [0.25, 0.3) is 5.91 Å². The quantitative estimate of drug-likeness (QED) is 0.440. The van der Waals surface area contributed by atoms with Crippen molar-refractivity contribution in [3.8, 4) is 11.3 Å². The van der Waals surface area contributed by atoms with Gasteiger partial charge in [-0.15, -0.1) is 5.10 Å². The molecule has 174 valence electrons. The number of nitrogens with one attached hydrogen (secondary N) is 2. The summed E-state index contributed by atoms with van der Waals surface area (Å²) in [6, 6.07) is 19.1. The van der Waals surface area contributed by atoms with E-state index in [1.165, 1.54) is 12.1 Å². The van der Waals surface area contributed by atoms with Gasteiger partial charge in [0.05, 0.1) is 18.9 Å². The Bertz CT molecular complexity index is 1270. The lowest BCUT2D eigenvalue weighted by molar-refractivity contribution is 0.0383. The van der Waals surface area contributed by atoms with Gasteiger partial charge in [-0.3, -0.25) is 9.69 Å². The number of hydrogen-bond donors (Lipinski definition) is 2. The number of nitrogens with zero attached hydrogens (tertiary/aromatic N) is 4. The first-order valence-electron chi connectivity index (χ1n) is 11.2. The lowest BCUT2D eigenvalue weighted by Gasteiger charge is -2.26. The summed E-state index contributed by atoms with van der Waals surface area (Å²) in [6.45, 7) is 4.71. The van der Waals surface area contributed by atoms with E-state index >= 15 is 0 Å². The number of pyridine rings is 1. The number of ether oxygens (including phenoxy) is 1. The summed E-state index contributed by atoms with van der Waals surface area (Å²) in [5.74, 6) is 0.0398. The molecule has 2 N–H and O–H groups in total. The van der Waals surface area contributed by atoms with Crippen LogP contribution in [0.4, 0.5) is 16.0 Å². The van der Waals surface area contributed by atoms with Gasteiger partial charge in [0.1, 0.15) is 5.82 Å². The van der Waals surface area contributed by atoms with E-state index in [-0.39, 0.29) is 11.7 Å². The van der Waals surface area contributed by atoms with Crippen LogP contribution < -0.4 is 10.6 Å². The highest BCUT2D eigenvalue weighted by Gasteiger charge is 2.12. The van der Waals surface area contributed by atoms with Gasteiger partial charge >= 0.3 is 0 Å². The predicted octanol–water partition coefficient (Wildman–Crippen LogP) is 3.34. The summed E-state index contributed by atoms with van der Waals surface area (Å²) in [5.41, 5.74) is 3.67. The van der Waals surface area contributed by atoms with Crippen LogP contribution in [-0.2, 0) is 4.74 Å². The molecule has 0 aliphatic carbocycles. The lowest BCUT2D eigenvalue weighted by atomic mass is 10.1. The van der Waals surface area contributed by atoms with Crippen molar-refractivity contribution >= 4 is 23.2 Å². The first-order valence-corrected chi connectivity index (χ1v) is 11.2. The molecule has 3 heterocycles. The average Bonchev–Trinajstić information content (AvgIpc) is 3.28. The van der Waals surface area contributed by atoms with Gasteiger partial charge in [-0.2, -0.15) is 4.98 Å². The van der Waals surface area contributed by atoms with Crippen LogP contribution in [0.5, 0.6) is 0 Å². The van der Waals surface area contributed by atoms with Crippen LogP contribution in [0.25, 0.3) is 16.9 Å². The first-order chi connectivity index (χ1) is 16.7. The van der Waals surface area contributed by atoms with Crippen molar-refractivity contribution in [2.24, 2.45) is 0 Å². The summed E-state index contributed by atoms with van der Waals surface area (Å²) >= 11 is 0. The van der Waals surface area contributed by atoms with Crippen LogP contribution in [0.1, 0.15) is 10.4 Å². The summed E-state index contributed by atoms with van der Waals surface area (Å²) in [4.78, 5) is 19.2. The van der Waals surface area contributed by atoms with Crippen molar-refractivity contribution < 1.29 is 13.9 Å². The van der Waals surface area contributed by atoms with E-state index in [0.717, 1.165) is 49.8 Å². The summed E-state index contributed by atoms with van der Waals surface area (Å²) < 4.78 is 20.4. The summed E-state index contributed by atoms with van der Waals surface area (Å²) in [6.07, 6.45) is 0. The maximum absolute atomic E-state index is 13.3. The highest BCUT2D eigenvalue weighted by atomic mass is 19.1. The van der Waals surface area contributed by atoms with Gasteiger partial charge in [0.15, 0.2) is 5.65 Å². The largest absolute Gasteiger partial charge is 0.379 e. The molecular formula is C25H25FN6O2. The van der Waals surface area contributed by atoms with E-state index < -0.39 is 0 Å². The molecule has 0 bridgehead atoms. The Morgan fingerprint density at radius 3 is 2.53 bits per heavy atom. The summed E-state index contributed by atoms with van der Waals surface area (Å²) in [7, 11) is 0. The zero-order chi connectivity index (χ0) is 23.3. The second-order valence-electron chi connectivity index (χ2n) is 8.04. The summed E-state index contributed by atoms with van der Waals surface area (Å²) in [5, 5.41) is 10.7. The molecule has 0 spiro atoms. The van der Waals surface area contributed by atoms with Crippen molar-refractivity contribution in [2.75, 3.05) is 44.7 Å². The van der Waals surface area contributed by atoms with Gasteiger partial charge in [0, 0.05) is 43.0 Å². The zero-order valence-electron chi connectivity index (χ0n) is 18.6. The van der Waals surface area contributed by atoms with Crippen molar-refractivity contribution in [1.82, 2.24) is 24.8 Å². The number of fused-ring (bicyclic) bond motifs is 1. The minimum absolute atomic E-state index is 0.102. The van der Waals surface area contributed by atoms with E-state index in [1.807, 2.05) is 30.3 Å². The molecule has 5 rings (SSSR count). The lowest BCUT2D eigenvalue weighted by Crippen LogP contribution is -2.41. The van der Waals surface area contributed by atoms with Crippen LogP contribution in [0.15, 0.2) is 66.7 Å². The fraction of sp³-hybridized carbons (Fsp3) is 0.240. The number of anilines is 2. The number of carbonyl (C=O) groups is 1. The Hall–Kier alpha value is -3.82. The van der Waals surface area contributed by atoms with E-state index in [4.69, 9.17) is 4.74 Å². The number of hydrogen-bond acceptors (Lipinski definition) is 6. The number of morpholine rings is 1. The SMILES string of the molecule is O=C(NCCN1CCOCC1)c1ccc(Nc2nc3cccc(-c4ccc(F)cc4)n3n2)cc1. The molecule has 1 amide bonds. The molecule has 1 aliphatic heterocycles. The maximum atomic E-state index is 13.3. The highest BCUT2D eigenvalue weighted by Crippen LogP contribution is 2.22. The maximum Gasteiger partial charge on any atom is 0.251 e. The predicted molar refractivity (Wildman–Crippen MR) is 128 cm³/mol. The van der Waals surface area contributed by atoms with E-state index in [2.05, 4.69) is 25.6 Å². The fourth-order valence-electron chi connectivity index (χ4n) is 3.89. The zero-order valence-corrected chi connectivity index (χ0v) is 18.6. The number of amides is 1. The normalized spacial score (nSPS) is 14.3. The number of rotatable bonds is 7. The second-order valence-corrected chi connectivity index (χ2v) is 8.04. The Labute approximate surface area is 196 Å². The standard InChI is InChI=1S/C25H25FN6O2/c26-20-8-4-18(5-9-20)22-2-1-3-23-29-25(30-32(22)23)28-21-10-6-19(7-11-21)24(33)27-12-13-31-14-16-34-17-15-31/h1-11H,12-17H2,(H,27,33)(H,28,30). The Balaban J connectivity index is 1.23. The van der Waals surface area contributed by atoms with Crippen LogP contribution >= 0.6 is 0 Å². The van der Waals surface area contributed by atoms with Gasteiger partial charge in [-0.25, -0.2) is 8.91 Å². The van der Waals surface area contributed by atoms with Gasteiger partial charge in [-0.1, -0.05) is 6.07 Å². The number of benzene rings is 2. The van der Waals surface area contributed by atoms with Crippen molar-refractivity contribution in [2.45, 2.75) is 0 Å². The molecule has 1 saturated heterocycles. The molecule has 2 aromatic carbocycles. The molecular weight excluding hydrogens is 435 g/mol. The Morgan fingerprint density at radius 2 is 1.76 bits per heavy atom. The van der Waals surface area contributed by atoms with E-state index in [9.17, 15) is 9.18 Å². The smallest absolute Gasteiger partial charge is 0.251 e. The molecule has 34 heavy (non-hydrogen) atoms. The third kappa shape index (κ3) is 5.05. The minimum atomic E-state index is -0.286. The Kier molecular flexibility index (Phi) is 6.46. The number of aromatic nitrogens is 3. The molecule has 4 aromatic rings. The molecule has 8 nitrogen and oxygen atoms in total. The van der Waals surface area contributed by atoms with Gasteiger partial charge in [-0.05, 0) is 60.7 Å². The highest BCUT2D eigenvalue weighted by molar-refractivity contribution is 5.94. The number of halogens is 1. The molecule has 1 aliphatic rings. The molecule has 0 radical (unpaired) electrons. The number of carbonyl (C=O) groups excluding carboxylic acids is 1. The fourth-order valence-corrected chi connectivity index (χ4v) is 3.89. The minimum Gasteiger partial charge on any atom is -0.379 e. The van der Waals surface area contributed by atoms with E-state index in [0.29, 0.717) is 23.7 Å². The molecule has 2 aromatic heterocycles. The molecule has 1 fully saturated rings. The van der Waals surface area contributed by atoms with Crippen LogP contribution in [0.2, 0.25) is 0 Å². The van der Waals surface area contributed by atoms with Gasteiger partial charge in [0.2, 0.25) is 5.95 Å². The van der Waals surface area contributed by atoms with Crippen LogP contribution in [0.3, 0.4) is 0 Å². The molecule has 9 heteroatoms. The Morgan fingerprint density at radius 1 is 1.00 bits per heavy atom. The first kappa shape index (κ1) is 22.0. The van der Waals surface area contributed by atoms with Crippen molar-refractivity contribution in [1.29, 1.82) is 0 Å². The molecule has 0 atom stereocenters. The van der Waals surface area contributed by atoms with Crippen molar-refractivity contribution in [3.05, 3.63) is 78.1 Å². The third-order valence-electron chi connectivity index (χ3n) is 5.72. The van der Waals surface area contributed by atoms with Crippen LogP contribution in [-0.4, -0.2) is 64.8 Å². The van der Waals surface area contributed by atoms with Crippen LogP contribution in [0, 0.1) is 5.82 Å². The van der Waals surface area contributed by atoms with E-state index in [1.54, 1.807) is 28.8 Å². The monoisotopic (exact) mass is 460 g/mol. The van der Waals surface area contributed by atoms with Gasteiger partial charge < -0.3 is 15.4 Å².